The average molecular weight is 245 g/mol. The number of carboxylic acids is 2. The normalized spacial score (nSPS) is 10.9. The second-order valence-electron chi connectivity index (χ2n) is 2.58. The van der Waals surface area contributed by atoms with E-state index in [1.54, 1.807) is 0 Å². The fourth-order valence-electron chi connectivity index (χ4n) is 0.799. The Balaban J connectivity index is 0. The zero-order chi connectivity index (χ0) is 11.4. The summed E-state index contributed by atoms with van der Waals surface area (Å²) in [6, 6.07) is 0. The van der Waals surface area contributed by atoms with Crippen molar-refractivity contribution >= 4 is 19.5 Å². The van der Waals surface area contributed by atoms with E-state index < -0.39 is 38.9 Å². The summed E-state index contributed by atoms with van der Waals surface area (Å²) in [7, 11) is -4.44. The van der Waals surface area contributed by atoms with E-state index in [1.807, 2.05) is 0 Å². The maximum atomic E-state index is 10.5. The average Bonchev–Trinajstić information content (AvgIpc) is 1.77. The molecule has 0 saturated carbocycles. The summed E-state index contributed by atoms with van der Waals surface area (Å²) in [5, 5.41) is 16.6. The zero-order valence-corrected chi connectivity index (χ0v) is 8.42. The van der Waals surface area contributed by atoms with Crippen molar-refractivity contribution in [2.24, 2.45) is 0 Å². The highest BCUT2D eigenvalue weighted by molar-refractivity contribution is 7.51. The third kappa shape index (κ3) is 10.9. The summed E-state index contributed by atoms with van der Waals surface area (Å²) in [5.41, 5.74) is 0. The monoisotopic (exact) mass is 245 g/mol. The highest BCUT2D eigenvalue weighted by atomic mass is 31.2. The molecule has 0 heterocycles. The van der Waals surface area contributed by atoms with Crippen LogP contribution in [-0.4, -0.2) is 61.7 Å². The second kappa shape index (κ2) is 6.49. The minimum Gasteiger partial charge on any atom is -0.480 e. The fraction of sp³-hybridized carbons (Fsp3) is 0.600. The van der Waals surface area contributed by atoms with Gasteiger partial charge in [0.05, 0.1) is 13.1 Å². The van der Waals surface area contributed by atoms with E-state index in [1.165, 1.54) is 0 Å². The summed E-state index contributed by atoms with van der Waals surface area (Å²) < 4.78 is 10.5. The van der Waals surface area contributed by atoms with Gasteiger partial charge in [0.1, 0.15) is 6.29 Å². The van der Waals surface area contributed by atoms with E-state index in [9.17, 15) is 14.2 Å². The van der Waals surface area contributed by atoms with Gasteiger partial charge < -0.3 is 25.5 Å². The third-order valence-electron chi connectivity index (χ3n) is 1.10. The maximum Gasteiger partial charge on any atom is 0.339 e. The zero-order valence-electron chi connectivity index (χ0n) is 7.53. The lowest BCUT2D eigenvalue weighted by Crippen LogP contribution is -2.35. The molecule has 0 aromatic rings. The van der Waals surface area contributed by atoms with E-state index >= 15 is 0 Å². The number of hydrogen-bond donors (Lipinski definition) is 4. The Kier molecular flexibility index (Phi) is 7.11. The van der Waals surface area contributed by atoms with Gasteiger partial charge in [-0.3, -0.25) is 19.1 Å². The first-order chi connectivity index (χ1) is 6.20. The van der Waals surface area contributed by atoms with Crippen LogP contribution < -0.4 is 0 Å². The van der Waals surface area contributed by atoms with Crippen LogP contribution in [0.15, 0.2) is 0 Å². The van der Waals surface area contributed by atoms with Crippen LogP contribution in [0.4, 0.5) is 0 Å². The SMILES string of the molecule is O.O=C(O)CN(CC(=O)O)CP(=O)(O)O. The molecule has 6 N–H and O–H groups in total. The fourth-order valence-corrected chi connectivity index (χ4v) is 1.52. The van der Waals surface area contributed by atoms with Gasteiger partial charge in [-0.2, -0.15) is 0 Å². The first-order valence-electron chi connectivity index (χ1n) is 3.41. The molecule has 0 aliphatic heterocycles. The molecular weight excluding hydrogens is 233 g/mol. The summed E-state index contributed by atoms with van der Waals surface area (Å²) in [5.74, 6) is -2.70. The van der Waals surface area contributed by atoms with Crippen molar-refractivity contribution in [1.29, 1.82) is 0 Å². The minimum atomic E-state index is -4.44. The Bertz CT molecular complexity index is 256. The van der Waals surface area contributed by atoms with Crippen LogP contribution >= 0.6 is 7.60 Å². The highest BCUT2D eigenvalue weighted by Gasteiger charge is 2.22. The van der Waals surface area contributed by atoms with Crippen LogP contribution in [0.2, 0.25) is 0 Å². The van der Waals surface area contributed by atoms with E-state index in [0.29, 0.717) is 4.90 Å². The topological polar surface area (TPSA) is 167 Å². The number of hydrogen-bond acceptors (Lipinski definition) is 4. The smallest absolute Gasteiger partial charge is 0.339 e. The molecule has 0 atom stereocenters. The van der Waals surface area contributed by atoms with Gasteiger partial charge in [0, 0.05) is 0 Å². The van der Waals surface area contributed by atoms with Crippen LogP contribution in [0.5, 0.6) is 0 Å². The molecule has 0 rings (SSSR count). The minimum absolute atomic E-state index is 0. The van der Waals surface area contributed by atoms with Crippen molar-refractivity contribution in [3.8, 4) is 0 Å². The summed E-state index contributed by atoms with van der Waals surface area (Å²) in [4.78, 5) is 38.0. The van der Waals surface area contributed by atoms with Gasteiger partial charge in [0.15, 0.2) is 0 Å². The standard InChI is InChI=1S/C5H10NO7P.H2O/c7-4(8)1-6(2-5(9)10)3-14(11,12)13;/h1-3H2,(H,7,8)(H,9,10)(H2,11,12,13);1H2. The third-order valence-corrected chi connectivity index (χ3v) is 1.87. The summed E-state index contributed by atoms with van der Waals surface area (Å²) in [6.07, 6.45) is -0.883. The molecule has 0 bridgehead atoms. The van der Waals surface area contributed by atoms with Gasteiger partial charge >= 0.3 is 19.5 Å². The van der Waals surface area contributed by atoms with Crippen molar-refractivity contribution in [3.63, 3.8) is 0 Å². The van der Waals surface area contributed by atoms with E-state index in [4.69, 9.17) is 20.0 Å². The van der Waals surface area contributed by atoms with Crippen molar-refractivity contribution in [1.82, 2.24) is 4.90 Å². The molecule has 0 amide bonds. The Morgan fingerprint density at radius 3 is 1.60 bits per heavy atom. The molecule has 15 heavy (non-hydrogen) atoms. The quantitative estimate of drug-likeness (QED) is 0.381. The number of nitrogens with zero attached hydrogens (tertiary/aromatic N) is 1. The van der Waals surface area contributed by atoms with Gasteiger partial charge in [-0.25, -0.2) is 0 Å². The van der Waals surface area contributed by atoms with E-state index in [0.717, 1.165) is 0 Å². The lowest BCUT2D eigenvalue weighted by molar-refractivity contribution is -0.141. The number of carboxylic acid groups (broad SMARTS) is 2. The molecule has 0 aromatic carbocycles. The number of rotatable bonds is 6. The largest absolute Gasteiger partial charge is 0.480 e. The van der Waals surface area contributed by atoms with Crippen LogP contribution in [0.3, 0.4) is 0 Å². The lowest BCUT2D eigenvalue weighted by Gasteiger charge is -2.17. The summed E-state index contributed by atoms with van der Waals surface area (Å²) >= 11 is 0. The van der Waals surface area contributed by atoms with Crippen molar-refractivity contribution < 1.29 is 39.6 Å². The first kappa shape index (κ1) is 16.4. The second-order valence-corrected chi connectivity index (χ2v) is 4.19. The molecule has 0 unspecified atom stereocenters. The van der Waals surface area contributed by atoms with Crippen LogP contribution in [0.1, 0.15) is 0 Å². The van der Waals surface area contributed by atoms with Crippen LogP contribution in [0, 0.1) is 0 Å². The van der Waals surface area contributed by atoms with Gasteiger partial charge in [0.25, 0.3) is 0 Å². The first-order valence-corrected chi connectivity index (χ1v) is 5.21. The van der Waals surface area contributed by atoms with Gasteiger partial charge in [0.2, 0.25) is 0 Å². The molecule has 9 nitrogen and oxygen atoms in total. The number of carbonyl (C=O) groups is 2. The molecule has 0 fully saturated rings. The molecule has 0 aromatic heterocycles. The van der Waals surface area contributed by atoms with Crippen LogP contribution in [0.25, 0.3) is 0 Å². The van der Waals surface area contributed by atoms with E-state index in [2.05, 4.69) is 0 Å². The molecule has 0 saturated heterocycles. The van der Waals surface area contributed by atoms with Gasteiger partial charge in [-0.1, -0.05) is 0 Å². The predicted molar refractivity (Wildman–Crippen MR) is 47.4 cm³/mol. The molecule has 0 aliphatic rings. The Labute approximate surface area is 84.4 Å². The van der Waals surface area contributed by atoms with Gasteiger partial charge in [-0.15, -0.1) is 0 Å². The van der Waals surface area contributed by atoms with Crippen LogP contribution in [-0.2, 0) is 14.2 Å². The van der Waals surface area contributed by atoms with Crippen molar-refractivity contribution in [2.75, 3.05) is 19.4 Å². The molecule has 0 spiro atoms. The Morgan fingerprint density at radius 1 is 1.07 bits per heavy atom. The lowest BCUT2D eigenvalue weighted by atomic mass is 10.5. The van der Waals surface area contributed by atoms with Gasteiger partial charge in [-0.05, 0) is 0 Å². The molecular formula is C5H12NO8P. The highest BCUT2D eigenvalue weighted by Crippen LogP contribution is 2.34. The Morgan fingerprint density at radius 2 is 1.40 bits per heavy atom. The number of aliphatic carboxylic acids is 2. The molecule has 0 radical (unpaired) electrons. The molecule has 0 aliphatic carbocycles. The maximum absolute atomic E-state index is 10.5. The predicted octanol–water partition coefficient (Wildman–Crippen LogP) is -2.23. The molecule has 10 heteroatoms. The van der Waals surface area contributed by atoms with Crippen molar-refractivity contribution in [3.05, 3.63) is 0 Å². The van der Waals surface area contributed by atoms with Crippen molar-refractivity contribution in [2.45, 2.75) is 0 Å². The van der Waals surface area contributed by atoms with E-state index in [-0.39, 0.29) is 5.48 Å². The summed E-state index contributed by atoms with van der Waals surface area (Å²) in [6.45, 7) is -1.45. The Hall–Kier alpha value is -0.990. The molecule has 90 valence electrons.